The molecule has 0 fully saturated rings. The molecule has 0 spiro atoms. The van der Waals surface area contributed by atoms with E-state index in [0.717, 1.165) is 6.42 Å². The van der Waals surface area contributed by atoms with Gasteiger partial charge in [-0.3, -0.25) is 4.79 Å². The summed E-state index contributed by atoms with van der Waals surface area (Å²) in [5.41, 5.74) is -0.208. The molecule has 0 radical (unpaired) electrons. The highest BCUT2D eigenvalue weighted by molar-refractivity contribution is 7.99. The van der Waals surface area contributed by atoms with Gasteiger partial charge in [-0.2, -0.15) is 0 Å². The molecule has 0 atom stereocenters. The zero-order chi connectivity index (χ0) is 15.9. The molecule has 1 rings (SSSR count). The lowest BCUT2D eigenvalue weighted by Crippen LogP contribution is -2.43. The number of thioether (sulfide) groups is 1. The van der Waals surface area contributed by atoms with Crippen LogP contribution in [-0.2, 0) is 20.8 Å². The summed E-state index contributed by atoms with van der Waals surface area (Å²) in [6.07, 6.45) is 0.436. The first-order valence-corrected chi connectivity index (χ1v) is 7.66. The van der Waals surface area contributed by atoms with Gasteiger partial charge in [0, 0.05) is 19.8 Å². The molecule has 1 N–H and O–H groups in total. The number of hydrogen-bond acceptors (Lipinski definition) is 7. The molecular weight excluding hydrogens is 294 g/mol. The Balaban J connectivity index is 2.53. The molecule has 8 nitrogen and oxygen atoms in total. The van der Waals surface area contributed by atoms with Crippen molar-refractivity contribution in [2.45, 2.75) is 50.7 Å². The number of nitrogens with zero attached hydrogens (tertiary/aromatic N) is 4. The van der Waals surface area contributed by atoms with Gasteiger partial charge in [0.2, 0.25) is 11.1 Å². The maximum atomic E-state index is 11.9. The van der Waals surface area contributed by atoms with Crippen molar-refractivity contribution in [3.05, 3.63) is 0 Å². The van der Waals surface area contributed by atoms with Gasteiger partial charge in [-0.25, -0.2) is 4.68 Å². The Hall–Kier alpha value is -1.19. The molecule has 21 heavy (non-hydrogen) atoms. The van der Waals surface area contributed by atoms with Crippen molar-refractivity contribution in [1.29, 1.82) is 0 Å². The highest BCUT2D eigenvalue weighted by atomic mass is 32.2. The Labute approximate surface area is 128 Å². The Morgan fingerprint density at radius 2 is 2.10 bits per heavy atom. The quantitative estimate of drug-likeness (QED) is 0.529. The molecule has 0 aliphatic heterocycles. The lowest BCUT2D eigenvalue weighted by atomic mass is 10.0. The van der Waals surface area contributed by atoms with Crippen LogP contribution in [0.25, 0.3) is 0 Å². The fourth-order valence-electron chi connectivity index (χ4n) is 1.43. The molecule has 1 heterocycles. The summed E-state index contributed by atoms with van der Waals surface area (Å²) in [5, 5.41) is 14.9. The first-order chi connectivity index (χ1) is 9.91. The van der Waals surface area contributed by atoms with Crippen LogP contribution in [0.15, 0.2) is 5.16 Å². The highest BCUT2D eigenvalue weighted by Crippen LogP contribution is 2.15. The first-order valence-electron chi connectivity index (χ1n) is 6.67. The Bertz CT molecular complexity index is 448. The van der Waals surface area contributed by atoms with Gasteiger partial charge in [-0.1, -0.05) is 18.7 Å². The maximum Gasteiger partial charge on any atom is 0.230 e. The molecule has 1 aromatic heterocycles. The largest absolute Gasteiger partial charge is 0.354 e. The molecule has 9 heteroatoms. The number of hydrogen-bond donors (Lipinski definition) is 1. The maximum absolute atomic E-state index is 11.9. The smallest absolute Gasteiger partial charge is 0.230 e. The molecule has 0 unspecified atom stereocenters. The van der Waals surface area contributed by atoms with Crippen LogP contribution in [0.3, 0.4) is 0 Å². The summed E-state index contributed by atoms with van der Waals surface area (Å²) < 4.78 is 11.8. The van der Waals surface area contributed by atoms with Gasteiger partial charge in [0.25, 0.3) is 0 Å². The number of aromatic nitrogens is 4. The molecule has 0 saturated carbocycles. The minimum Gasteiger partial charge on any atom is -0.354 e. The van der Waals surface area contributed by atoms with Crippen LogP contribution in [0, 0.1) is 0 Å². The van der Waals surface area contributed by atoms with Crippen molar-refractivity contribution in [1.82, 2.24) is 25.5 Å². The molecule has 120 valence electrons. The predicted octanol–water partition coefficient (Wildman–Crippen LogP) is 0.689. The number of ether oxygens (including phenoxy) is 2. The number of nitrogens with one attached hydrogen (secondary N) is 1. The van der Waals surface area contributed by atoms with Crippen molar-refractivity contribution < 1.29 is 14.3 Å². The van der Waals surface area contributed by atoms with Crippen LogP contribution in [0.4, 0.5) is 0 Å². The third kappa shape index (κ3) is 5.98. The van der Waals surface area contributed by atoms with E-state index >= 15 is 0 Å². The molecule has 0 aromatic carbocycles. The minimum absolute atomic E-state index is 0.0450. The Kier molecular flexibility index (Phi) is 7.06. The van der Waals surface area contributed by atoms with E-state index in [-0.39, 0.29) is 17.2 Å². The number of rotatable bonds is 9. The average Bonchev–Trinajstić information content (AvgIpc) is 2.89. The molecule has 0 bridgehead atoms. The van der Waals surface area contributed by atoms with E-state index in [1.807, 2.05) is 20.8 Å². The number of carbonyl (C=O) groups excluding carboxylic acids is 1. The van der Waals surface area contributed by atoms with Crippen LogP contribution >= 0.6 is 11.8 Å². The van der Waals surface area contributed by atoms with Crippen LogP contribution in [-0.4, -0.2) is 57.9 Å². The third-order valence-electron chi connectivity index (χ3n) is 3.04. The van der Waals surface area contributed by atoms with E-state index in [1.54, 1.807) is 18.9 Å². The van der Waals surface area contributed by atoms with Crippen molar-refractivity contribution in [2.75, 3.05) is 20.0 Å². The minimum atomic E-state index is -0.430. The predicted molar refractivity (Wildman–Crippen MR) is 78.9 cm³/mol. The third-order valence-corrected chi connectivity index (χ3v) is 4.00. The number of tetrazole rings is 1. The lowest BCUT2D eigenvalue weighted by molar-refractivity contribution is -0.120. The zero-order valence-corrected chi connectivity index (χ0v) is 13.9. The number of amides is 1. The lowest BCUT2D eigenvalue weighted by Gasteiger charge is -2.24. The normalized spacial score (nSPS) is 11.9. The van der Waals surface area contributed by atoms with Crippen LogP contribution < -0.4 is 5.32 Å². The standard InChI is InChI=1S/C12H23N5O3S/c1-6-12(2,3)13-9(18)8-21-11-14-15-16-17(11)7-10(19-4)20-5/h10H,6-8H2,1-5H3,(H,13,18). The second-order valence-corrected chi connectivity index (χ2v) is 6.06. The van der Waals surface area contributed by atoms with Crippen molar-refractivity contribution in [3.8, 4) is 0 Å². The van der Waals surface area contributed by atoms with Crippen LogP contribution in [0.1, 0.15) is 27.2 Å². The fraction of sp³-hybridized carbons (Fsp3) is 0.833. The molecule has 0 aliphatic rings. The highest BCUT2D eigenvalue weighted by Gasteiger charge is 2.19. The summed E-state index contributed by atoms with van der Waals surface area (Å²) in [6.45, 7) is 6.37. The van der Waals surface area contributed by atoms with Crippen LogP contribution in [0.5, 0.6) is 0 Å². The van der Waals surface area contributed by atoms with Crippen molar-refractivity contribution in [2.24, 2.45) is 0 Å². The van der Waals surface area contributed by atoms with Crippen LogP contribution in [0.2, 0.25) is 0 Å². The second-order valence-electron chi connectivity index (χ2n) is 5.12. The molecule has 0 aliphatic carbocycles. The second kappa shape index (κ2) is 8.30. The van der Waals surface area contributed by atoms with Gasteiger partial charge >= 0.3 is 0 Å². The topological polar surface area (TPSA) is 91.2 Å². The van der Waals surface area contributed by atoms with Gasteiger partial charge in [-0.15, -0.1) is 5.10 Å². The summed E-state index contributed by atoms with van der Waals surface area (Å²) in [7, 11) is 3.09. The summed E-state index contributed by atoms with van der Waals surface area (Å²) in [5.74, 6) is 0.213. The summed E-state index contributed by atoms with van der Waals surface area (Å²) in [6, 6.07) is 0. The number of carbonyl (C=O) groups is 1. The molecule has 1 amide bonds. The SMILES string of the molecule is CCC(C)(C)NC(=O)CSc1nnnn1CC(OC)OC. The van der Waals surface area contributed by atoms with Gasteiger partial charge in [0.05, 0.1) is 12.3 Å². The molecule has 1 aromatic rings. The van der Waals surface area contributed by atoms with E-state index < -0.39 is 6.29 Å². The number of methoxy groups -OCH3 is 2. The first kappa shape index (κ1) is 17.9. The van der Waals surface area contributed by atoms with Gasteiger partial charge in [-0.05, 0) is 30.7 Å². The van der Waals surface area contributed by atoms with Crippen molar-refractivity contribution in [3.63, 3.8) is 0 Å². The Morgan fingerprint density at radius 1 is 1.43 bits per heavy atom. The molecular formula is C12H23N5O3S. The summed E-state index contributed by atoms with van der Waals surface area (Å²) in [4.78, 5) is 11.9. The van der Waals surface area contributed by atoms with Gasteiger partial charge in [0.15, 0.2) is 6.29 Å². The summed E-state index contributed by atoms with van der Waals surface area (Å²) >= 11 is 1.28. The van der Waals surface area contributed by atoms with E-state index in [1.165, 1.54) is 11.8 Å². The van der Waals surface area contributed by atoms with Crippen molar-refractivity contribution >= 4 is 17.7 Å². The monoisotopic (exact) mass is 317 g/mol. The average molecular weight is 317 g/mol. The Morgan fingerprint density at radius 3 is 2.67 bits per heavy atom. The van der Waals surface area contributed by atoms with E-state index in [9.17, 15) is 4.79 Å². The van der Waals surface area contributed by atoms with E-state index in [2.05, 4.69) is 20.8 Å². The van der Waals surface area contributed by atoms with E-state index in [0.29, 0.717) is 11.7 Å². The van der Waals surface area contributed by atoms with Gasteiger partial charge < -0.3 is 14.8 Å². The zero-order valence-electron chi connectivity index (χ0n) is 13.1. The van der Waals surface area contributed by atoms with Gasteiger partial charge in [0.1, 0.15) is 0 Å². The molecule has 0 saturated heterocycles. The van der Waals surface area contributed by atoms with E-state index in [4.69, 9.17) is 9.47 Å². The fourth-order valence-corrected chi connectivity index (χ4v) is 2.12.